The first-order valence-corrected chi connectivity index (χ1v) is 22.1. The second-order valence-corrected chi connectivity index (χ2v) is 22.5. The predicted octanol–water partition coefficient (Wildman–Crippen LogP) is 8.02. The van der Waals surface area contributed by atoms with Crippen LogP contribution >= 0.6 is 0 Å². The van der Waals surface area contributed by atoms with Gasteiger partial charge in [-0.05, 0) is 149 Å². The van der Waals surface area contributed by atoms with Gasteiger partial charge in [0.2, 0.25) is 10.0 Å². The van der Waals surface area contributed by atoms with E-state index in [4.69, 9.17) is 4.74 Å². The number of rotatable bonds is 9. The number of ether oxygens (including phenoxy) is 1. The number of allylic oxidation sites excluding steroid dienone is 1. The van der Waals surface area contributed by atoms with Crippen LogP contribution < -0.4 is 0 Å². The van der Waals surface area contributed by atoms with E-state index in [9.17, 15) is 23.1 Å². The van der Waals surface area contributed by atoms with E-state index in [1.165, 1.54) is 63.2 Å². The topological polar surface area (TPSA) is 104 Å². The molecule has 1 saturated heterocycles. The van der Waals surface area contributed by atoms with Gasteiger partial charge in [0, 0.05) is 31.6 Å². The van der Waals surface area contributed by atoms with Crippen LogP contribution in [0.15, 0.2) is 12.2 Å². The van der Waals surface area contributed by atoms with Gasteiger partial charge in [-0.3, -0.25) is 9.59 Å². The van der Waals surface area contributed by atoms with Gasteiger partial charge in [0.05, 0.1) is 18.1 Å². The summed E-state index contributed by atoms with van der Waals surface area (Å²) >= 11 is 0. The van der Waals surface area contributed by atoms with Crippen molar-refractivity contribution in [1.29, 1.82) is 0 Å². The van der Waals surface area contributed by atoms with Crippen LogP contribution in [0.1, 0.15) is 132 Å². The molecule has 51 heavy (non-hydrogen) atoms. The van der Waals surface area contributed by atoms with Gasteiger partial charge in [0.25, 0.3) is 0 Å². The smallest absolute Gasteiger partial charge is 0.309 e. The Hall–Kier alpha value is -1.45. The Morgan fingerprint density at radius 1 is 0.863 bits per heavy atom. The molecule has 5 aliphatic carbocycles. The monoisotopic (exact) mass is 730 g/mol. The number of carboxylic acid groups (broad SMARTS) is 1. The van der Waals surface area contributed by atoms with Crippen molar-refractivity contribution in [2.45, 2.75) is 139 Å². The summed E-state index contributed by atoms with van der Waals surface area (Å²) in [6, 6.07) is 0. The van der Waals surface area contributed by atoms with Crippen molar-refractivity contribution in [2.75, 3.05) is 39.0 Å². The summed E-state index contributed by atoms with van der Waals surface area (Å²) in [5.41, 5.74) is 1.05. The summed E-state index contributed by atoms with van der Waals surface area (Å²) in [6.45, 7) is 26.6. The van der Waals surface area contributed by atoms with Gasteiger partial charge in [-0.2, -0.15) is 4.31 Å². The first-order valence-electron chi connectivity index (χ1n) is 20.3. The first-order chi connectivity index (χ1) is 23.5. The molecule has 0 spiro atoms. The van der Waals surface area contributed by atoms with E-state index < -0.39 is 21.4 Å². The lowest BCUT2D eigenvalue weighted by Gasteiger charge is -2.73. The Labute approximate surface area is 309 Å². The number of hydrogen-bond acceptors (Lipinski definition) is 6. The number of aliphatic carboxylic acids is 1. The highest BCUT2D eigenvalue weighted by molar-refractivity contribution is 7.88. The molecular formula is C42H70N2O6S. The number of esters is 1. The highest BCUT2D eigenvalue weighted by Crippen LogP contribution is 2.78. The zero-order valence-electron chi connectivity index (χ0n) is 33.5. The van der Waals surface area contributed by atoms with Gasteiger partial charge in [0.15, 0.2) is 0 Å². The number of sulfonamides is 1. The van der Waals surface area contributed by atoms with E-state index in [0.717, 1.165) is 38.9 Å². The molecular weight excluding hydrogens is 661 g/mol. The summed E-state index contributed by atoms with van der Waals surface area (Å²) < 4.78 is 32.1. The SMILES string of the molecule is C=C(C)[C@@H]1CC[C@]2(CCN3CCN(S(C)(=O)=O)CC3)CC[C@]3(C)[C@H](CC[C@@H]4[C@@]5(C)CC[C@H](OC(=O)CC(C)(C)C(=O)O)C(C)(C)[C@@H]5CC[C@]43C)[C@@H]12. The maximum atomic E-state index is 13.1. The lowest BCUT2D eigenvalue weighted by Crippen LogP contribution is -2.67. The van der Waals surface area contributed by atoms with E-state index in [1.54, 1.807) is 18.2 Å². The molecule has 1 N–H and O–H groups in total. The van der Waals surface area contributed by atoms with E-state index in [1.807, 2.05) is 0 Å². The fourth-order valence-electron chi connectivity index (χ4n) is 14.2. The van der Waals surface area contributed by atoms with Gasteiger partial charge in [-0.25, -0.2) is 8.42 Å². The quantitative estimate of drug-likeness (QED) is 0.189. The normalized spacial score (nSPS) is 42.9. The fraction of sp³-hybridized carbons (Fsp3) is 0.905. The summed E-state index contributed by atoms with van der Waals surface area (Å²) in [5.74, 6) is 1.64. The lowest BCUT2D eigenvalue weighted by atomic mass is 9.32. The van der Waals surface area contributed by atoms with Crippen molar-refractivity contribution in [1.82, 2.24) is 9.21 Å². The van der Waals surface area contributed by atoms with Gasteiger partial charge in [0.1, 0.15) is 6.10 Å². The maximum Gasteiger partial charge on any atom is 0.309 e. The van der Waals surface area contributed by atoms with Gasteiger partial charge < -0.3 is 14.7 Å². The summed E-state index contributed by atoms with van der Waals surface area (Å²) in [7, 11) is -3.13. The lowest BCUT2D eigenvalue weighted by molar-refractivity contribution is -0.250. The molecule has 290 valence electrons. The molecule has 0 aromatic heterocycles. The number of hydrogen-bond donors (Lipinski definition) is 1. The molecule has 6 aliphatic rings. The molecule has 0 bridgehead atoms. The minimum atomic E-state index is -3.13. The van der Waals surface area contributed by atoms with Gasteiger partial charge in [-0.15, -0.1) is 0 Å². The number of nitrogens with zero attached hydrogens (tertiary/aromatic N) is 2. The van der Waals surface area contributed by atoms with Crippen LogP contribution in [0.25, 0.3) is 0 Å². The van der Waals surface area contributed by atoms with Crippen LogP contribution in [0.2, 0.25) is 0 Å². The minimum Gasteiger partial charge on any atom is -0.481 e. The van der Waals surface area contributed by atoms with Crippen LogP contribution in [-0.2, 0) is 24.3 Å². The fourth-order valence-corrected chi connectivity index (χ4v) is 15.0. The second-order valence-electron chi connectivity index (χ2n) is 20.5. The van der Waals surface area contributed by atoms with Crippen molar-refractivity contribution in [3.05, 3.63) is 12.2 Å². The third-order valence-corrected chi connectivity index (χ3v) is 18.6. The molecule has 8 nitrogen and oxygen atoms in total. The molecule has 5 saturated carbocycles. The molecule has 0 radical (unpaired) electrons. The Balaban J connectivity index is 1.21. The third kappa shape index (κ3) is 6.37. The molecule has 6 fully saturated rings. The van der Waals surface area contributed by atoms with Crippen LogP contribution in [0.4, 0.5) is 0 Å². The molecule has 0 aromatic rings. The standard InChI is InChI=1S/C42H70N2O6S/c1-28(2)29-13-18-42(21-22-43-23-25-44(26-24-43)51(10,48)49)20-19-40(8)30(35(29)42)11-12-32-39(7)16-15-33(50-34(45)27-37(3,4)36(46)47)38(5,6)31(39)14-17-41(32,40)9/h29-33,35H,1,11-27H2,2-10H3,(H,46,47)/t29-,30+,31-,32+,33-,35+,39-,40+,41+,42+/m0/s1. The van der Waals surface area contributed by atoms with Crippen LogP contribution in [-0.4, -0.2) is 79.8 Å². The van der Waals surface area contributed by atoms with Crippen LogP contribution in [0.3, 0.4) is 0 Å². The zero-order valence-corrected chi connectivity index (χ0v) is 34.3. The molecule has 1 heterocycles. The summed E-state index contributed by atoms with van der Waals surface area (Å²) in [6.07, 6.45) is 14.2. The summed E-state index contributed by atoms with van der Waals surface area (Å²) in [4.78, 5) is 27.4. The third-order valence-electron chi connectivity index (χ3n) is 17.3. The molecule has 1 aliphatic heterocycles. The average Bonchev–Trinajstić information content (AvgIpc) is 3.41. The van der Waals surface area contributed by atoms with E-state index in [0.29, 0.717) is 48.1 Å². The van der Waals surface area contributed by atoms with E-state index in [2.05, 4.69) is 53.0 Å². The van der Waals surface area contributed by atoms with Crippen LogP contribution in [0.5, 0.6) is 0 Å². The Bertz CT molecular complexity index is 1500. The largest absolute Gasteiger partial charge is 0.481 e. The average molecular weight is 731 g/mol. The minimum absolute atomic E-state index is 0.106. The summed E-state index contributed by atoms with van der Waals surface area (Å²) in [5, 5.41) is 9.61. The molecule has 0 unspecified atom stereocenters. The van der Waals surface area contributed by atoms with Crippen LogP contribution in [0, 0.1) is 62.1 Å². The predicted molar refractivity (Wildman–Crippen MR) is 202 cm³/mol. The van der Waals surface area contributed by atoms with Crippen molar-refractivity contribution < 1.29 is 27.9 Å². The molecule has 9 heteroatoms. The molecule has 10 atom stereocenters. The van der Waals surface area contributed by atoms with Gasteiger partial charge >= 0.3 is 11.9 Å². The number of carboxylic acids is 1. The number of fused-ring (bicyclic) bond motifs is 7. The van der Waals surface area contributed by atoms with E-state index in [-0.39, 0.29) is 40.2 Å². The van der Waals surface area contributed by atoms with Gasteiger partial charge in [-0.1, -0.05) is 46.8 Å². The maximum absolute atomic E-state index is 13.1. The molecule has 6 rings (SSSR count). The second kappa shape index (κ2) is 13.1. The number of carbonyl (C=O) groups excluding carboxylic acids is 1. The number of piperazine rings is 1. The number of carbonyl (C=O) groups is 2. The Morgan fingerprint density at radius 2 is 1.53 bits per heavy atom. The van der Waals surface area contributed by atoms with E-state index >= 15 is 0 Å². The van der Waals surface area contributed by atoms with Crippen molar-refractivity contribution >= 4 is 22.0 Å². The Morgan fingerprint density at radius 3 is 2.14 bits per heavy atom. The molecule has 0 aromatic carbocycles. The van der Waals surface area contributed by atoms with Crippen molar-refractivity contribution in [2.24, 2.45) is 62.1 Å². The zero-order chi connectivity index (χ0) is 37.6. The highest BCUT2D eigenvalue weighted by atomic mass is 32.2. The highest BCUT2D eigenvalue weighted by Gasteiger charge is 2.71. The first kappa shape index (κ1) is 39.2. The Kier molecular flexibility index (Phi) is 10.1. The van der Waals surface area contributed by atoms with Crippen molar-refractivity contribution in [3.8, 4) is 0 Å². The van der Waals surface area contributed by atoms with Crippen molar-refractivity contribution in [3.63, 3.8) is 0 Å². The molecule has 0 amide bonds.